The number of nitrogens with two attached hydrogens (primary N) is 1. The first-order valence-electron chi connectivity index (χ1n) is 10.4. The Hall–Kier alpha value is -3.10. The van der Waals surface area contributed by atoms with Gasteiger partial charge in [0, 0.05) is 25.7 Å². The average Bonchev–Trinajstić information content (AvgIpc) is 3.28. The van der Waals surface area contributed by atoms with Gasteiger partial charge in [0.2, 0.25) is 11.6 Å². The minimum atomic E-state index is -1.39. The van der Waals surface area contributed by atoms with Crippen molar-refractivity contribution in [3.63, 3.8) is 0 Å². The van der Waals surface area contributed by atoms with Crippen LogP contribution in [0.3, 0.4) is 0 Å². The molecule has 1 aromatic heterocycles. The minimum Gasteiger partial charge on any atom is -0.436 e. The monoisotopic (exact) mass is 442 g/mol. The van der Waals surface area contributed by atoms with Crippen LogP contribution < -0.4 is 15.4 Å². The fraction of sp³-hybridized carbons (Fsp3) is 0.292. The number of pyridine rings is 1. The molecule has 0 unspecified atom stereocenters. The molecule has 4 rings (SSSR count). The SMILES string of the molecule is CN(C)[C@H]1CCN(c2c(F)c(F)nc(Oc3cccc(-c4cccc(CN)c4)c3)c2F)C1. The Morgan fingerprint density at radius 3 is 2.47 bits per heavy atom. The van der Waals surface area contributed by atoms with E-state index in [0.29, 0.717) is 19.6 Å². The topological polar surface area (TPSA) is 54.6 Å². The first-order chi connectivity index (χ1) is 15.4. The number of ether oxygens (including phenoxy) is 1. The van der Waals surface area contributed by atoms with E-state index >= 15 is 4.39 Å². The van der Waals surface area contributed by atoms with Crippen molar-refractivity contribution in [2.75, 3.05) is 32.1 Å². The zero-order valence-corrected chi connectivity index (χ0v) is 18.0. The molecule has 0 amide bonds. The third-order valence-corrected chi connectivity index (χ3v) is 5.74. The summed E-state index contributed by atoms with van der Waals surface area (Å²) in [6.07, 6.45) is 0.718. The first-order valence-corrected chi connectivity index (χ1v) is 10.4. The summed E-state index contributed by atoms with van der Waals surface area (Å²) in [6, 6.07) is 14.7. The number of hydrogen-bond donors (Lipinski definition) is 1. The summed E-state index contributed by atoms with van der Waals surface area (Å²) in [5.41, 5.74) is 7.96. The Morgan fingerprint density at radius 1 is 1.06 bits per heavy atom. The fourth-order valence-corrected chi connectivity index (χ4v) is 3.92. The summed E-state index contributed by atoms with van der Waals surface area (Å²) < 4.78 is 49.6. The van der Waals surface area contributed by atoms with E-state index in [1.807, 2.05) is 49.3 Å². The third-order valence-electron chi connectivity index (χ3n) is 5.74. The van der Waals surface area contributed by atoms with Crippen molar-refractivity contribution < 1.29 is 17.9 Å². The molecule has 0 saturated carbocycles. The normalized spacial score (nSPS) is 16.1. The van der Waals surface area contributed by atoms with Crippen molar-refractivity contribution in [1.29, 1.82) is 0 Å². The highest BCUT2D eigenvalue weighted by atomic mass is 19.2. The lowest BCUT2D eigenvalue weighted by molar-refractivity contribution is 0.315. The van der Waals surface area contributed by atoms with Crippen LogP contribution in [0.5, 0.6) is 11.6 Å². The van der Waals surface area contributed by atoms with Crippen LogP contribution in [-0.4, -0.2) is 43.1 Å². The maximum Gasteiger partial charge on any atom is 0.261 e. The van der Waals surface area contributed by atoms with Crippen molar-refractivity contribution >= 4 is 5.69 Å². The smallest absolute Gasteiger partial charge is 0.261 e. The molecule has 3 aromatic rings. The summed E-state index contributed by atoms with van der Waals surface area (Å²) in [5.74, 6) is -4.05. The number of benzene rings is 2. The van der Waals surface area contributed by atoms with Gasteiger partial charge >= 0.3 is 0 Å². The Balaban J connectivity index is 1.65. The lowest BCUT2D eigenvalue weighted by atomic mass is 10.0. The molecule has 168 valence electrons. The fourth-order valence-electron chi connectivity index (χ4n) is 3.92. The maximum absolute atomic E-state index is 15.2. The van der Waals surface area contributed by atoms with Crippen LogP contribution in [0, 0.1) is 17.6 Å². The van der Waals surface area contributed by atoms with E-state index in [1.165, 1.54) is 4.90 Å². The van der Waals surface area contributed by atoms with Crippen molar-refractivity contribution in [1.82, 2.24) is 9.88 Å². The third kappa shape index (κ3) is 4.42. The molecule has 2 heterocycles. The van der Waals surface area contributed by atoms with Gasteiger partial charge < -0.3 is 20.3 Å². The van der Waals surface area contributed by atoms with E-state index in [1.54, 1.807) is 18.2 Å². The molecule has 0 aliphatic carbocycles. The standard InChI is InChI=1S/C24H25F3N4O/c1-30(2)18-9-10-31(14-18)22-20(25)23(27)29-24(21(22)26)32-19-8-4-7-17(12-19)16-6-3-5-15(11-16)13-28/h3-8,11-12,18H,9-10,13-14,28H2,1-2H3/t18-/m0/s1. The lowest BCUT2D eigenvalue weighted by Crippen LogP contribution is -2.32. The molecular formula is C24H25F3N4O. The number of anilines is 1. The van der Waals surface area contributed by atoms with Crippen LogP contribution in [0.15, 0.2) is 48.5 Å². The van der Waals surface area contributed by atoms with Gasteiger partial charge in [0.1, 0.15) is 11.4 Å². The van der Waals surface area contributed by atoms with Gasteiger partial charge in [0.05, 0.1) is 0 Å². The van der Waals surface area contributed by atoms with Crippen LogP contribution in [0.1, 0.15) is 12.0 Å². The molecule has 1 atom stereocenters. The van der Waals surface area contributed by atoms with E-state index in [4.69, 9.17) is 10.5 Å². The van der Waals surface area contributed by atoms with Crippen LogP contribution in [0.4, 0.5) is 18.9 Å². The van der Waals surface area contributed by atoms with E-state index in [2.05, 4.69) is 4.98 Å². The highest BCUT2D eigenvalue weighted by molar-refractivity contribution is 5.66. The molecule has 2 N–H and O–H groups in total. The van der Waals surface area contributed by atoms with Crippen molar-refractivity contribution in [3.8, 4) is 22.8 Å². The highest BCUT2D eigenvalue weighted by Gasteiger charge is 2.32. The number of rotatable bonds is 6. The second-order valence-electron chi connectivity index (χ2n) is 8.07. The van der Waals surface area contributed by atoms with Crippen LogP contribution >= 0.6 is 0 Å². The summed E-state index contributed by atoms with van der Waals surface area (Å²) in [5, 5.41) is 0. The van der Waals surface area contributed by atoms with Crippen LogP contribution in [0.25, 0.3) is 11.1 Å². The zero-order chi connectivity index (χ0) is 22.8. The van der Waals surface area contributed by atoms with Crippen LogP contribution in [0.2, 0.25) is 0 Å². The van der Waals surface area contributed by atoms with E-state index in [0.717, 1.165) is 23.1 Å². The molecule has 0 radical (unpaired) electrons. The second-order valence-corrected chi connectivity index (χ2v) is 8.07. The van der Waals surface area contributed by atoms with Gasteiger partial charge in [-0.05, 0) is 55.4 Å². The number of hydrogen-bond acceptors (Lipinski definition) is 5. The summed E-state index contributed by atoms with van der Waals surface area (Å²) in [6.45, 7) is 1.20. The molecule has 1 saturated heterocycles. The molecule has 0 spiro atoms. The Morgan fingerprint density at radius 2 is 1.78 bits per heavy atom. The van der Waals surface area contributed by atoms with E-state index < -0.39 is 29.1 Å². The van der Waals surface area contributed by atoms with Crippen molar-refractivity contribution in [2.45, 2.75) is 19.0 Å². The van der Waals surface area contributed by atoms with Gasteiger partial charge in [0.15, 0.2) is 0 Å². The molecule has 1 fully saturated rings. The Kier molecular flexibility index (Phi) is 6.34. The molecule has 2 aromatic carbocycles. The average molecular weight is 442 g/mol. The van der Waals surface area contributed by atoms with Gasteiger partial charge in [-0.25, -0.2) is 0 Å². The van der Waals surface area contributed by atoms with Crippen molar-refractivity contribution in [3.05, 3.63) is 71.7 Å². The van der Waals surface area contributed by atoms with Crippen molar-refractivity contribution in [2.24, 2.45) is 5.73 Å². The van der Waals surface area contributed by atoms with Gasteiger partial charge in [-0.2, -0.15) is 18.2 Å². The molecule has 5 nitrogen and oxygen atoms in total. The number of nitrogens with zero attached hydrogens (tertiary/aromatic N) is 3. The summed E-state index contributed by atoms with van der Waals surface area (Å²) in [4.78, 5) is 6.87. The Labute approximate surface area is 185 Å². The number of aromatic nitrogens is 1. The molecule has 32 heavy (non-hydrogen) atoms. The summed E-state index contributed by atoms with van der Waals surface area (Å²) in [7, 11) is 3.80. The molecule has 1 aliphatic heterocycles. The molecule has 8 heteroatoms. The van der Waals surface area contributed by atoms with Gasteiger partial charge in [0.25, 0.3) is 11.8 Å². The number of halogens is 3. The van der Waals surface area contributed by atoms with Gasteiger partial charge in [-0.1, -0.05) is 30.3 Å². The van der Waals surface area contributed by atoms with E-state index in [-0.39, 0.29) is 11.8 Å². The molecule has 1 aliphatic rings. The molecule has 0 bridgehead atoms. The minimum absolute atomic E-state index is 0.121. The first kappa shape index (κ1) is 22.1. The Bertz CT molecular complexity index is 1120. The quantitative estimate of drug-likeness (QED) is 0.568. The predicted octanol–water partition coefficient (Wildman–Crippen LogP) is 4.56. The second kappa shape index (κ2) is 9.18. The van der Waals surface area contributed by atoms with Gasteiger partial charge in [-0.3, -0.25) is 0 Å². The predicted molar refractivity (Wildman–Crippen MR) is 118 cm³/mol. The van der Waals surface area contributed by atoms with Gasteiger partial charge in [-0.15, -0.1) is 0 Å². The maximum atomic E-state index is 15.2. The summed E-state index contributed by atoms with van der Waals surface area (Å²) >= 11 is 0. The molecular weight excluding hydrogens is 417 g/mol. The number of likely N-dealkylation sites (N-methyl/N-ethyl adjacent to an activating group) is 1. The van der Waals surface area contributed by atoms with Crippen LogP contribution in [-0.2, 0) is 6.54 Å². The zero-order valence-electron chi connectivity index (χ0n) is 18.0. The van der Waals surface area contributed by atoms with E-state index in [9.17, 15) is 8.78 Å². The largest absolute Gasteiger partial charge is 0.436 e. The lowest BCUT2D eigenvalue weighted by Gasteiger charge is -2.23. The highest BCUT2D eigenvalue weighted by Crippen LogP contribution is 2.36.